The molecule has 0 saturated heterocycles. The summed E-state index contributed by atoms with van der Waals surface area (Å²) < 4.78 is 7.32. The molecule has 10 rings (SSSR count). The molecule has 254 valence electrons. The van der Waals surface area contributed by atoms with E-state index < -0.39 is 0 Å². The third-order valence-electron chi connectivity index (χ3n) is 10.5. The lowest BCUT2D eigenvalue weighted by Gasteiger charge is -2.08. The number of para-hydroxylation sites is 4. The normalized spacial score (nSPS) is 11.7. The Balaban J connectivity index is 0.00000372. The summed E-state index contributed by atoms with van der Waals surface area (Å²) in [6, 6.07) is 66.1. The molecule has 4 heteroatoms. The molecule has 8 aromatic carbocycles. The van der Waals surface area contributed by atoms with Gasteiger partial charge in [-0.15, -0.1) is 0 Å². The molecule has 0 atom stereocenters. The molecule has 0 aliphatic carbocycles. The fourth-order valence-electron chi connectivity index (χ4n) is 7.97. The van der Waals surface area contributed by atoms with Gasteiger partial charge in [-0.3, -0.25) is 0 Å². The topological polar surface area (TPSA) is 13.7 Å². The van der Waals surface area contributed by atoms with Gasteiger partial charge in [0.05, 0.1) is 11.0 Å². The molecule has 0 unspecified atom stereocenters. The van der Waals surface area contributed by atoms with Crippen molar-refractivity contribution in [2.75, 3.05) is 0 Å². The van der Waals surface area contributed by atoms with Crippen LogP contribution in [0.4, 0.5) is 0 Å². The summed E-state index contributed by atoms with van der Waals surface area (Å²) in [6.07, 6.45) is 4.56. The van der Waals surface area contributed by atoms with Crippen molar-refractivity contribution in [2.45, 2.75) is 13.1 Å². The molecule has 0 radical (unpaired) electrons. The lowest BCUT2D eigenvalue weighted by Crippen LogP contribution is -3.00. The first-order chi connectivity index (χ1) is 25.8. The van der Waals surface area contributed by atoms with Crippen LogP contribution in [-0.4, -0.2) is 9.13 Å². The molecule has 0 saturated carbocycles. The Kier molecular flexibility index (Phi) is 8.46. The molecule has 0 fully saturated rings. The molecule has 0 bridgehead atoms. The Hall–Kier alpha value is -6.23. The SMILES string of the molecule is C(=C\c1n(Cc2ccc3ccccc3c2)c2ccccc2[n+]1Cc1ccc2ccccc2c1)/c1ccc(-n2c3ccccc3c3ccccc32)cc1.[Br-]. The van der Waals surface area contributed by atoms with Crippen LogP contribution in [0.1, 0.15) is 22.5 Å². The fraction of sp³-hybridized carbons (Fsp3) is 0.0408. The summed E-state index contributed by atoms with van der Waals surface area (Å²) >= 11 is 0. The summed E-state index contributed by atoms with van der Waals surface area (Å²) in [5, 5.41) is 7.61. The molecule has 2 heterocycles. The minimum Gasteiger partial charge on any atom is -1.00 e. The van der Waals surface area contributed by atoms with Crippen molar-refractivity contribution in [2.24, 2.45) is 0 Å². The summed E-state index contributed by atoms with van der Waals surface area (Å²) in [7, 11) is 0. The molecule has 0 amide bonds. The highest BCUT2D eigenvalue weighted by molar-refractivity contribution is 6.09. The van der Waals surface area contributed by atoms with E-state index in [-0.39, 0.29) is 17.0 Å². The molecule has 10 aromatic rings. The number of nitrogens with zero attached hydrogens (tertiary/aromatic N) is 3. The van der Waals surface area contributed by atoms with E-state index in [1.807, 2.05) is 0 Å². The Morgan fingerprint density at radius 1 is 0.453 bits per heavy atom. The van der Waals surface area contributed by atoms with Crippen LogP contribution in [0.5, 0.6) is 0 Å². The van der Waals surface area contributed by atoms with E-state index in [2.05, 4.69) is 208 Å². The van der Waals surface area contributed by atoms with Gasteiger partial charge in [0.15, 0.2) is 11.0 Å². The van der Waals surface area contributed by atoms with E-state index in [4.69, 9.17) is 0 Å². The fourth-order valence-corrected chi connectivity index (χ4v) is 7.97. The van der Waals surface area contributed by atoms with Gasteiger partial charge in [-0.25, -0.2) is 9.13 Å². The zero-order valence-corrected chi connectivity index (χ0v) is 30.7. The van der Waals surface area contributed by atoms with E-state index >= 15 is 0 Å². The van der Waals surface area contributed by atoms with Gasteiger partial charge < -0.3 is 21.5 Å². The summed E-state index contributed by atoms with van der Waals surface area (Å²) in [6.45, 7) is 1.53. The molecule has 53 heavy (non-hydrogen) atoms. The van der Waals surface area contributed by atoms with Crippen molar-refractivity contribution in [3.05, 3.63) is 205 Å². The van der Waals surface area contributed by atoms with Crippen LogP contribution in [0.3, 0.4) is 0 Å². The summed E-state index contributed by atoms with van der Waals surface area (Å²) in [4.78, 5) is 0. The molecule has 0 aliphatic rings. The van der Waals surface area contributed by atoms with Crippen LogP contribution >= 0.6 is 0 Å². The Bertz CT molecular complexity index is 2790. The predicted octanol–water partition coefficient (Wildman–Crippen LogP) is 8.60. The van der Waals surface area contributed by atoms with Crippen LogP contribution < -0.4 is 21.5 Å². The number of aromatic nitrogens is 3. The van der Waals surface area contributed by atoms with Gasteiger partial charge in [-0.2, -0.15) is 0 Å². The van der Waals surface area contributed by atoms with Gasteiger partial charge in [0.2, 0.25) is 0 Å². The number of hydrogen-bond acceptors (Lipinski definition) is 0. The van der Waals surface area contributed by atoms with E-state index in [9.17, 15) is 0 Å². The second kappa shape index (κ2) is 13.7. The molecule has 0 spiro atoms. The van der Waals surface area contributed by atoms with E-state index in [1.165, 1.54) is 65.5 Å². The van der Waals surface area contributed by atoms with Gasteiger partial charge in [0, 0.05) is 22.5 Å². The summed E-state index contributed by atoms with van der Waals surface area (Å²) in [5.74, 6) is 1.16. The quantitative estimate of drug-likeness (QED) is 0.145. The number of halogens is 1. The Labute approximate surface area is 319 Å². The summed E-state index contributed by atoms with van der Waals surface area (Å²) in [5.41, 5.74) is 9.76. The predicted molar refractivity (Wildman–Crippen MR) is 218 cm³/mol. The molecular weight excluding hydrogens is 710 g/mol. The minimum absolute atomic E-state index is 0. The second-order valence-corrected chi connectivity index (χ2v) is 13.7. The standard InChI is InChI=1S/C49H36N3.BrH/c1-3-13-40-31-36(21-26-38(40)11-1)33-50-47-19-9-10-20-48(47)51(34-37-22-27-39-12-2-4-14-41(39)32-37)49(50)30-25-35-23-28-42(29-24-35)52-45-17-7-5-15-43(45)44-16-6-8-18-46(44)52;/h1-32H,33-34H2;1H/q+1;/p-1. The van der Waals surface area contributed by atoms with Crippen molar-refractivity contribution in [1.82, 2.24) is 9.13 Å². The van der Waals surface area contributed by atoms with Gasteiger partial charge in [0.1, 0.15) is 13.1 Å². The van der Waals surface area contributed by atoms with Crippen molar-refractivity contribution >= 4 is 66.5 Å². The maximum Gasteiger partial charge on any atom is 0.283 e. The van der Waals surface area contributed by atoms with E-state index in [1.54, 1.807) is 0 Å². The highest BCUT2D eigenvalue weighted by Crippen LogP contribution is 2.32. The molecule has 0 aliphatic heterocycles. The van der Waals surface area contributed by atoms with Gasteiger partial charge >= 0.3 is 0 Å². The van der Waals surface area contributed by atoms with Crippen LogP contribution in [0.25, 0.3) is 72.2 Å². The smallest absolute Gasteiger partial charge is 0.283 e. The van der Waals surface area contributed by atoms with Gasteiger partial charge in [-0.05, 0) is 92.8 Å². The number of hydrogen-bond donors (Lipinski definition) is 0. The third-order valence-corrected chi connectivity index (χ3v) is 10.5. The molecular formula is C49H36BrN3. The van der Waals surface area contributed by atoms with Crippen LogP contribution in [0.2, 0.25) is 0 Å². The lowest BCUT2D eigenvalue weighted by molar-refractivity contribution is -0.665. The first-order valence-corrected chi connectivity index (χ1v) is 18.0. The van der Waals surface area contributed by atoms with Crippen LogP contribution in [0.15, 0.2) is 182 Å². The monoisotopic (exact) mass is 745 g/mol. The number of fused-ring (bicyclic) bond motifs is 6. The lowest BCUT2D eigenvalue weighted by atomic mass is 10.1. The zero-order chi connectivity index (χ0) is 34.4. The molecule has 0 N–H and O–H groups in total. The van der Waals surface area contributed by atoms with Crippen LogP contribution in [0, 0.1) is 0 Å². The highest BCUT2D eigenvalue weighted by atomic mass is 79.9. The first-order valence-electron chi connectivity index (χ1n) is 18.0. The van der Waals surface area contributed by atoms with Crippen molar-refractivity contribution < 1.29 is 21.5 Å². The van der Waals surface area contributed by atoms with Gasteiger partial charge in [-0.1, -0.05) is 133 Å². The average molecular weight is 747 g/mol. The van der Waals surface area contributed by atoms with Gasteiger partial charge in [0.25, 0.3) is 5.82 Å². The maximum absolute atomic E-state index is 2.48. The first kappa shape index (κ1) is 32.7. The highest BCUT2D eigenvalue weighted by Gasteiger charge is 2.24. The maximum atomic E-state index is 2.48. The average Bonchev–Trinajstić information content (AvgIpc) is 3.69. The largest absolute Gasteiger partial charge is 1.00 e. The number of benzene rings is 8. The number of rotatable bonds is 7. The van der Waals surface area contributed by atoms with Crippen molar-refractivity contribution in [3.63, 3.8) is 0 Å². The van der Waals surface area contributed by atoms with Crippen LogP contribution in [-0.2, 0) is 13.1 Å². The Morgan fingerprint density at radius 2 is 0.981 bits per heavy atom. The molecule has 2 aromatic heterocycles. The van der Waals surface area contributed by atoms with E-state index in [0.717, 1.165) is 30.2 Å². The zero-order valence-electron chi connectivity index (χ0n) is 29.1. The minimum atomic E-state index is 0. The Morgan fingerprint density at radius 3 is 1.64 bits per heavy atom. The van der Waals surface area contributed by atoms with Crippen molar-refractivity contribution in [3.8, 4) is 5.69 Å². The van der Waals surface area contributed by atoms with E-state index in [0.29, 0.717) is 0 Å². The van der Waals surface area contributed by atoms with Crippen molar-refractivity contribution in [1.29, 1.82) is 0 Å². The third kappa shape index (κ3) is 5.91. The number of imidazole rings is 1. The second-order valence-electron chi connectivity index (χ2n) is 13.7. The molecule has 3 nitrogen and oxygen atoms in total.